The maximum absolute atomic E-state index is 10.6. The summed E-state index contributed by atoms with van der Waals surface area (Å²) in [6, 6.07) is 0. The molecule has 0 saturated carbocycles. The Labute approximate surface area is 61.0 Å². The summed E-state index contributed by atoms with van der Waals surface area (Å²) < 4.78 is 10.6. The first-order chi connectivity index (χ1) is 4.16. The molecule has 0 saturated heterocycles. The maximum atomic E-state index is 10.6. The minimum Gasteiger partial charge on any atom is -0.617 e. The minimum atomic E-state index is -0.597. The van der Waals surface area contributed by atoms with E-state index in [1.165, 1.54) is 12.8 Å². The molecular weight excluding hydrogens is 132 g/mol. The predicted octanol–water partition coefficient (Wildman–Crippen LogP) is 1.80. The lowest BCUT2D eigenvalue weighted by molar-refractivity contribution is 0.548. The third kappa shape index (κ3) is 6.19. The molecule has 0 radical (unpaired) electrons. The van der Waals surface area contributed by atoms with E-state index in [0.717, 1.165) is 5.75 Å². The zero-order valence-electron chi connectivity index (χ0n) is 6.52. The molecule has 0 bridgehead atoms. The van der Waals surface area contributed by atoms with Gasteiger partial charge in [0, 0.05) is 5.92 Å². The van der Waals surface area contributed by atoms with Crippen LogP contribution in [-0.2, 0) is 11.2 Å². The van der Waals surface area contributed by atoms with Crippen LogP contribution in [0.3, 0.4) is 0 Å². The molecule has 0 heterocycles. The van der Waals surface area contributed by atoms with Crippen molar-refractivity contribution in [3.63, 3.8) is 0 Å². The van der Waals surface area contributed by atoms with Crippen LogP contribution in [0.15, 0.2) is 0 Å². The molecule has 0 N–H and O–H groups in total. The van der Waals surface area contributed by atoms with Gasteiger partial charge in [-0.3, -0.25) is 0 Å². The molecule has 2 atom stereocenters. The summed E-state index contributed by atoms with van der Waals surface area (Å²) in [6.45, 7) is 4.32. The molecule has 1 nitrogen and oxygen atoms in total. The fourth-order valence-electron chi connectivity index (χ4n) is 0.977. The van der Waals surface area contributed by atoms with Gasteiger partial charge in [0.2, 0.25) is 0 Å². The summed E-state index contributed by atoms with van der Waals surface area (Å²) in [4.78, 5) is 0. The summed E-state index contributed by atoms with van der Waals surface area (Å²) in [5.74, 6) is 1.51. The second-order valence-corrected chi connectivity index (χ2v) is 4.11. The predicted molar refractivity (Wildman–Crippen MR) is 43.0 cm³/mol. The number of hydrogen-bond acceptors (Lipinski definition) is 1. The second kappa shape index (κ2) is 5.12. The van der Waals surface area contributed by atoms with Crippen LogP contribution < -0.4 is 0 Å². The van der Waals surface area contributed by atoms with Gasteiger partial charge in [0.25, 0.3) is 0 Å². The Morgan fingerprint density at radius 2 is 2.11 bits per heavy atom. The van der Waals surface area contributed by atoms with Crippen molar-refractivity contribution in [1.29, 1.82) is 0 Å². The molecule has 0 aromatic rings. The highest BCUT2D eigenvalue weighted by Crippen LogP contribution is 2.06. The van der Waals surface area contributed by atoms with Crippen LogP contribution >= 0.6 is 0 Å². The Kier molecular flexibility index (Phi) is 5.30. The molecule has 2 unspecified atom stereocenters. The fourth-order valence-corrected chi connectivity index (χ4v) is 1.94. The second-order valence-electron chi connectivity index (χ2n) is 2.63. The molecule has 0 aromatic carbocycles. The summed E-state index contributed by atoms with van der Waals surface area (Å²) in [7, 11) is 0. The molecule has 0 aromatic heterocycles. The first kappa shape index (κ1) is 9.31. The Balaban J connectivity index is 3.15. The molecule has 0 rings (SSSR count). The highest BCUT2D eigenvalue weighted by molar-refractivity contribution is 7.90. The third-order valence-corrected chi connectivity index (χ3v) is 2.34. The Hall–Kier alpha value is 0.310. The van der Waals surface area contributed by atoms with Crippen molar-refractivity contribution in [3.8, 4) is 0 Å². The van der Waals surface area contributed by atoms with Crippen LogP contribution in [0.5, 0.6) is 0 Å². The molecule has 0 aliphatic carbocycles. The molecule has 56 valence electrons. The topological polar surface area (TPSA) is 23.1 Å². The van der Waals surface area contributed by atoms with Crippen molar-refractivity contribution in [2.24, 2.45) is 5.92 Å². The molecular formula is C7H16OS. The van der Waals surface area contributed by atoms with E-state index in [0.29, 0.717) is 5.92 Å². The van der Waals surface area contributed by atoms with E-state index < -0.39 is 11.2 Å². The number of rotatable bonds is 4. The minimum absolute atomic E-state index is 0.597. The van der Waals surface area contributed by atoms with E-state index >= 15 is 0 Å². The third-order valence-electron chi connectivity index (χ3n) is 1.30. The van der Waals surface area contributed by atoms with Gasteiger partial charge in [0.15, 0.2) is 0 Å². The summed E-state index contributed by atoms with van der Waals surface area (Å²) in [5, 5.41) is 0. The van der Waals surface area contributed by atoms with E-state index in [-0.39, 0.29) is 0 Å². The monoisotopic (exact) mass is 148 g/mol. The SMILES string of the molecule is CCCC(C)C[S+](C)[O-]. The Morgan fingerprint density at radius 1 is 1.56 bits per heavy atom. The van der Waals surface area contributed by atoms with Gasteiger partial charge < -0.3 is 4.55 Å². The van der Waals surface area contributed by atoms with Gasteiger partial charge in [0.1, 0.15) is 5.75 Å². The van der Waals surface area contributed by atoms with Gasteiger partial charge in [-0.25, -0.2) is 0 Å². The standard InChI is InChI=1S/C7H16OS/c1-4-5-7(2)6-9(3)8/h7H,4-6H2,1-3H3. The van der Waals surface area contributed by atoms with Gasteiger partial charge in [-0.1, -0.05) is 31.4 Å². The van der Waals surface area contributed by atoms with Crippen LogP contribution in [0, 0.1) is 5.92 Å². The summed E-state index contributed by atoms with van der Waals surface area (Å²) in [5.41, 5.74) is 0. The van der Waals surface area contributed by atoms with Crippen LogP contribution in [0.2, 0.25) is 0 Å². The largest absolute Gasteiger partial charge is 0.617 e. The lowest BCUT2D eigenvalue weighted by atomic mass is 10.1. The van der Waals surface area contributed by atoms with Gasteiger partial charge in [-0.05, 0) is 6.42 Å². The lowest BCUT2D eigenvalue weighted by Gasteiger charge is -2.10. The van der Waals surface area contributed by atoms with E-state index in [4.69, 9.17) is 0 Å². The van der Waals surface area contributed by atoms with Crippen LogP contribution in [0.1, 0.15) is 26.7 Å². The highest BCUT2D eigenvalue weighted by Gasteiger charge is 2.05. The lowest BCUT2D eigenvalue weighted by Crippen LogP contribution is -2.11. The van der Waals surface area contributed by atoms with Gasteiger partial charge >= 0.3 is 0 Å². The smallest absolute Gasteiger partial charge is 0.107 e. The van der Waals surface area contributed by atoms with Crippen molar-refractivity contribution in [1.82, 2.24) is 0 Å². The first-order valence-corrected chi connectivity index (χ1v) is 5.19. The van der Waals surface area contributed by atoms with Gasteiger partial charge in [-0.2, -0.15) is 0 Å². The van der Waals surface area contributed by atoms with Gasteiger partial charge in [0.05, 0.1) is 6.26 Å². The Morgan fingerprint density at radius 3 is 2.44 bits per heavy atom. The molecule has 2 heteroatoms. The van der Waals surface area contributed by atoms with Crippen LogP contribution in [0.25, 0.3) is 0 Å². The average Bonchev–Trinajstić information content (AvgIpc) is 1.63. The van der Waals surface area contributed by atoms with E-state index in [1.807, 2.05) is 0 Å². The molecule has 9 heavy (non-hydrogen) atoms. The maximum Gasteiger partial charge on any atom is 0.107 e. The van der Waals surface area contributed by atoms with Crippen molar-refractivity contribution in [2.45, 2.75) is 26.7 Å². The van der Waals surface area contributed by atoms with Crippen molar-refractivity contribution < 1.29 is 4.55 Å². The van der Waals surface area contributed by atoms with Crippen LogP contribution in [0.4, 0.5) is 0 Å². The molecule has 0 aliphatic rings. The highest BCUT2D eigenvalue weighted by atomic mass is 32.2. The van der Waals surface area contributed by atoms with Crippen LogP contribution in [-0.4, -0.2) is 16.6 Å². The molecule has 0 amide bonds. The quantitative estimate of drug-likeness (QED) is 0.557. The summed E-state index contributed by atoms with van der Waals surface area (Å²) >= 11 is -0.597. The van der Waals surface area contributed by atoms with E-state index in [9.17, 15) is 4.55 Å². The number of hydrogen-bond donors (Lipinski definition) is 0. The van der Waals surface area contributed by atoms with Crippen molar-refractivity contribution in [2.75, 3.05) is 12.0 Å². The molecule has 0 fully saturated rings. The van der Waals surface area contributed by atoms with Crippen molar-refractivity contribution in [3.05, 3.63) is 0 Å². The normalized spacial score (nSPS) is 17.3. The Bertz CT molecular complexity index is 63.9. The van der Waals surface area contributed by atoms with Gasteiger partial charge in [-0.15, -0.1) is 0 Å². The zero-order valence-corrected chi connectivity index (χ0v) is 7.33. The van der Waals surface area contributed by atoms with Crippen molar-refractivity contribution >= 4 is 11.2 Å². The average molecular weight is 148 g/mol. The molecule has 0 spiro atoms. The first-order valence-electron chi connectivity index (χ1n) is 3.46. The summed E-state index contributed by atoms with van der Waals surface area (Å²) in [6.07, 6.45) is 4.18. The fraction of sp³-hybridized carbons (Fsp3) is 1.00. The van der Waals surface area contributed by atoms with E-state index in [2.05, 4.69) is 13.8 Å². The van der Waals surface area contributed by atoms with E-state index in [1.54, 1.807) is 6.26 Å². The molecule has 0 aliphatic heterocycles. The zero-order chi connectivity index (χ0) is 7.28.